The van der Waals surface area contributed by atoms with Crippen molar-refractivity contribution >= 4 is 16.9 Å². The predicted molar refractivity (Wildman–Crippen MR) is 124 cm³/mol. The minimum atomic E-state index is -0.571. The molecule has 2 aromatic carbocycles. The maximum absolute atomic E-state index is 13.8. The van der Waals surface area contributed by atoms with Gasteiger partial charge in [0.1, 0.15) is 5.82 Å². The molecule has 0 spiro atoms. The molecular formula is C26H33N3O2. The van der Waals surface area contributed by atoms with Crippen molar-refractivity contribution in [2.24, 2.45) is 0 Å². The SMILES string of the molecule is Cc1cc(C)cc(C2(C(=O)N[C@H](C)c3nc4ccccc4n3C(C)C)CCOCC2)c1. The van der Waals surface area contributed by atoms with Crippen LogP contribution in [-0.2, 0) is 14.9 Å². The molecule has 1 saturated heterocycles. The number of carbonyl (C=O) groups excluding carboxylic acids is 1. The van der Waals surface area contributed by atoms with Crippen LogP contribution in [0.1, 0.15) is 68.2 Å². The van der Waals surface area contributed by atoms with Crippen LogP contribution in [0.4, 0.5) is 0 Å². The highest BCUT2D eigenvalue weighted by molar-refractivity contribution is 5.89. The van der Waals surface area contributed by atoms with Gasteiger partial charge in [-0.05, 0) is 65.2 Å². The van der Waals surface area contributed by atoms with Crippen LogP contribution in [0.2, 0.25) is 0 Å². The fraction of sp³-hybridized carbons (Fsp3) is 0.462. The van der Waals surface area contributed by atoms with E-state index in [9.17, 15) is 4.79 Å². The molecule has 5 nitrogen and oxygen atoms in total. The molecule has 0 saturated carbocycles. The largest absolute Gasteiger partial charge is 0.381 e. The maximum atomic E-state index is 13.8. The van der Waals surface area contributed by atoms with E-state index < -0.39 is 5.41 Å². The molecule has 164 valence electrons. The van der Waals surface area contributed by atoms with Gasteiger partial charge in [-0.3, -0.25) is 4.79 Å². The number of fused-ring (bicyclic) bond motifs is 1. The quantitative estimate of drug-likeness (QED) is 0.621. The monoisotopic (exact) mass is 419 g/mol. The van der Waals surface area contributed by atoms with Gasteiger partial charge in [-0.15, -0.1) is 0 Å². The number of amides is 1. The zero-order chi connectivity index (χ0) is 22.2. The Labute approximate surface area is 184 Å². The van der Waals surface area contributed by atoms with Crippen LogP contribution >= 0.6 is 0 Å². The van der Waals surface area contributed by atoms with Crippen molar-refractivity contribution in [1.29, 1.82) is 0 Å². The van der Waals surface area contributed by atoms with Crippen LogP contribution in [0.3, 0.4) is 0 Å². The van der Waals surface area contributed by atoms with E-state index in [-0.39, 0.29) is 18.0 Å². The third-order valence-corrected chi connectivity index (χ3v) is 6.43. The first-order chi connectivity index (χ1) is 14.8. The minimum absolute atomic E-state index is 0.0654. The van der Waals surface area contributed by atoms with Crippen LogP contribution in [0.15, 0.2) is 42.5 Å². The average Bonchev–Trinajstić information content (AvgIpc) is 3.13. The smallest absolute Gasteiger partial charge is 0.231 e. The van der Waals surface area contributed by atoms with E-state index in [1.165, 1.54) is 11.1 Å². The second-order valence-electron chi connectivity index (χ2n) is 9.19. The van der Waals surface area contributed by atoms with Gasteiger partial charge in [-0.25, -0.2) is 4.98 Å². The van der Waals surface area contributed by atoms with Gasteiger partial charge in [0.15, 0.2) is 0 Å². The topological polar surface area (TPSA) is 56.2 Å². The first kappa shape index (κ1) is 21.6. The second-order valence-corrected chi connectivity index (χ2v) is 9.19. The van der Waals surface area contributed by atoms with Crippen molar-refractivity contribution in [3.63, 3.8) is 0 Å². The predicted octanol–water partition coefficient (Wildman–Crippen LogP) is 5.16. The molecule has 1 N–H and O–H groups in total. The lowest BCUT2D eigenvalue weighted by Crippen LogP contribution is -2.49. The second kappa shape index (κ2) is 8.46. The van der Waals surface area contributed by atoms with Gasteiger partial charge in [0.05, 0.1) is 22.5 Å². The Balaban J connectivity index is 1.70. The van der Waals surface area contributed by atoms with Crippen LogP contribution in [0, 0.1) is 13.8 Å². The number of benzene rings is 2. The third-order valence-electron chi connectivity index (χ3n) is 6.43. The number of hydrogen-bond acceptors (Lipinski definition) is 3. The van der Waals surface area contributed by atoms with E-state index in [2.05, 4.69) is 61.8 Å². The first-order valence-corrected chi connectivity index (χ1v) is 11.3. The number of aryl methyl sites for hydroxylation is 2. The van der Waals surface area contributed by atoms with E-state index in [1.54, 1.807) is 0 Å². The molecule has 0 radical (unpaired) electrons. The molecule has 0 aliphatic carbocycles. The molecule has 2 heterocycles. The molecule has 5 heteroatoms. The number of hydrogen-bond donors (Lipinski definition) is 1. The normalized spacial score (nSPS) is 17.1. The van der Waals surface area contributed by atoms with Crippen molar-refractivity contribution in [2.75, 3.05) is 13.2 Å². The standard InChI is InChI=1S/C26H33N3O2/c1-17(2)29-23-9-7-6-8-22(23)28-24(29)20(5)27-25(30)26(10-12-31-13-11-26)21-15-18(3)14-19(4)16-21/h6-9,14-17,20H,10-13H2,1-5H3,(H,27,30)/t20-/m1/s1. The van der Waals surface area contributed by atoms with E-state index in [0.717, 1.165) is 22.4 Å². The molecule has 0 unspecified atom stereocenters. The third kappa shape index (κ3) is 3.99. The van der Waals surface area contributed by atoms with Crippen LogP contribution < -0.4 is 5.32 Å². The van der Waals surface area contributed by atoms with Gasteiger partial charge in [0, 0.05) is 19.3 Å². The maximum Gasteiger partial charge on any atom is 0.231 e. The number of carbonyl (C=O) groups is 1. The van der Waals surface area contributed by atoms with Gasteiger partial charge in [-0.2, -0.15) is 0 Å². The summed E-state index contributed by atoms with van der Waals surface area (Å²) < 4.78 is 7.87. The summed E-state index contributed by atoms with van der Waals surface area (Å²) in [6, 6.07) is 14.7. The fourth-order valence-corrected chi connectivity index (χ4v) is 4.93. The Kier molecular flexibility index (Phi) is 5.89. The summed E-state index contributed by atoms with van der Waals surface area (Å²) in [5.74, 6) is 0.961. The van der Waals surface area contributed by atoms with Crippen molar-refractivity contribution in [1.82, 2.24) is 14.9 Å². The van der Waals surface area contributed by atoms with Gasteiger partial charge in [-0.1, -0.05) is 41.5 Å². The summed E-state index contributed by atoms with van der Waals surface area (Å²) in [6.45, 7) is 11.7. The minimum Gasteiger partial charge on any atom is -0.381 e. The van der Waals surface area contributed by atoms with Crippen LogP contribution in [0.5, 0.6) is 0 Å². The Hall–Kier alpha value is -2.66. The molecule has 1 fully saturated rings. The number of para-hydroxylation sites is 2. The summed E-state index contributed by atoms with van der Waals surface area (Å²) in [5, 5.41) is 3.32. The highest BCUT2D eigenvalue weighted by Crippen LogP contribution is 2.37. The molecule has 1 aliphatic heterocycles. The number of ether oxygens (including phenoxy) is 1. The van der Waals surface area contributed by atoms with Gasteiger partial charge in [0.25, 0.3) is 0 Å². The number of rotatable bonds is 5. The molecule has 1 aromatic heterocycles. The van der Waals surface area contributed by atoms with Crippen molar-refractivity contribution in [3.8, 4) is 0 Å². The molecule has 1 atom stereocenters. The lowest BCUT2D eigenvalue weighted by Gasteiger charge is -2.37. The van der Waals surface area contributed by atoms with Crippen molar-refractivity contribution in [3.05, 3.63) is 65.0 Å². The molecule has 0 bridgehead atoms. The Morgan fingerprint density at radius 3 is 2.35 bits per heavy atom. The van der Waals surface area contributed by atoms with Gasteiger partial charge >= 0.3 is 0 Å². The molecule has 1 amide bonds. The van der Waals surface area contributed by atoms with E-state index in [1.807, 2.05) is 25.1 Å². The molecule has 4 rings (SSSR count). The zero-order valence-corrected chi connectivity index (χ0v) is 19.2. The van der Waals surface area contributed by atoms with Crippen LogP contribution in [-0.4, -0.2) is 28.7 Å². The van der Waals surface area contributed by atoms with Gasteiger partial charge in [0.2, 0.25) is 5.91 Å². The molecular weight excluding hydrogens is 386 g/mol. The van der Waals surface area contributed by atoms with E-state index in [0.29, 0.717) is 26.1 Å². The van der Waals surface area contributed by atoms with E-state index in [4.69, 9.17) is 9.72 Å². The Bertz CT molecular complexity index is 1070. The molecule has 1 aliphatic rings. The number of nitrogens with one attached hydrogen (secondary N) is 1. The fourth-order valence-electron chi connectivity index (χ4n) is 4.93. The highest BCUT2D eigenvalue weighted by atomic mass is 16.5. The summed E-state index contributed by atoms with van der Waals surface area (Å²) in [6.07, 6.45) is 1.38. The molecule has 31 heavy (non-hydrogen) atoms. The Morgan fingerprint density at radius 1 is 1.06 bits per heavy atom. The lowest BCUT2D eigenvalue weighted by atomic mass is 9.72. The van der Waals surface area contributed by atoms with Crippen molar-refractivity contribution < 1.29 is 9.53 Å². The summed E-state index contributed by atoms with van der Waals surface area (Å²) >= 11 is 0. The highest BCUT2D eigenvalue weighted by Gasteiger charge is 2.42. The zero-order valence-electron chi connectivity index (χ0n) is 19.2. The van der Waals surface area contributed by atoms with Crippen LogP contribution in [0.25, 0.3) is 11.0 Å². The Morgan fingerprint density at radius 2 is 1.71 bits per heavy atom. The van der Waals surface area contributed by atoms with Crippen molar-refractivity contribution in [2.45, 2.75) is 65.0 Å². The summed E-state index contributed by atoms with van der Waals surface area (Å²) in [5.41, 5.74) is 4.95. The lowest BCUT2D eigenvalue weighted by molar-refractivity contribution is -0.131. The number of imidazole rings is 1. The number of aromatic nitrogens is 2. The average molecular weight is 420 g/mol. The molecule has 3 aromatic rings. The summed E-state index contributed by atoms with van der Waals surface area (Å²) in [4.78, 5) is 18.7. The first-order valence-electron chi connectivity index (χ1n) is 11.3. The van der Waals surface area contributed by atoms with Gasteiger partial charge < -0.3 is 14.6 Å². The van der Waals surface area contributed by atoms with E-state index >= 15 is 0 Å². The number of nitrogens with zero attached hydrogens (tertiary/aromatic N) is 2. The summed E-state index contributed by atoms with van der Waals surface area (Å²) in [7, 11) is 0.